The average Bonchev–Trinajstić information content (AvgIpc) is 3.39. The van der Waals surface area contributed by atoms with E-state index in [1.807, 2.05) is 36.4 Å². The molecule has 0 fully saturated rings. The van der Waals surface area contributed by atoms with Crippen molar-refractivity contribution >= 4 is 18.7 Å². The highest BCUT2D eigenvalue weighted by Crippen LogP contribution is 2.37. The summed E-state index contributed by atoms with van der Waals surface area (Å²) in [5.74, 6) is 0.752. The smallest absolute Gasteiger partial charge is 0.261 e. The molecule has 37 heavy (non-hydrogen) atoms. The van der Waals surface area contributed by atoms with Gasteiger partial charge in [0.25, 0.3) is 8.32 Å². The Labute approximate surface area is 220 Å². The summed E-state index contributed by atoms with van der Waals surface area (Å²) in [4.78, 5) is 0. The first-order chi connectivity index (χ1) is 17.7. The van der Waals surface area contributed by atoms with E-state index in [0.717, 1.165) is 10.4 Å². The predicted molar refractivity (Wildman–Crippen MR) is 147 cm³/mol. The third-order valence-corrected chi connectivity index (χ3v) is 11.4. The van der Waals surface area contributed by atoms with E-state index in [-0.39, 0.29) is 37.7 Å². The van der Waals surface area contributed by atoms with E-state index in [0.29, 0.717) is 17.1 Å². The van der Waals surface area contributed by atoms with Crippen molar-refractivity contribution in [2.45, 2.75) is 57.5 Å². The summed E-state index contributed by atoms with van der Waals surface area (Å²) in [6.45, 7) is 6.20. The van der Waals surface area contributed by atoms with Crippen LogP contribution in [-0.2, 0) is 11.0 Å². The maximum atomic E-state index is 10.5. The van der Waals surface area contributed by atoms with Crippen molar-refractivity contribution in [1.29, 1.82) is 0 Å². The molecular formula is C30H38O6Si. The van der Waals surface area contributed by atoms with Crippen molar-refractivity contribution < 1.29 is 29.3 Å². The molecule has 198 valence electrons. The molecule has 0 bridgehead atoms. The number of aliphatic hydroxyl groups is 4. The van der Waals surface area contributed by atoms with Crippen molar-refractivity contribution in [2.75, 3.05) is 13.2 Å². The molecule has 3 rings (SSSR count). The first kappa shape index (κ1) is 28.8. The van der Waals surface area contributed by atoms with E-state index < -0.39 is 20.5 Å². The van der Waals surface area contributed by atoms with E-state index >= 15 is 0 Å². The van der Waals surface area contributed by atoms with E-state index in [1.54, 1.807) is 18.2 Å². The van der Waals surface area contributed by atoms with Crippen LogP contribution >= 0.6 is 0 Å². The lowest BCUT2D eigenvalue weighted by Crippen LogP contribution is -2.66. The Bertz CT molecular complexity index is 1120. The summed E-state index contributed by atoms with van der Waals surface area (Å²) < 4.78 is 12.4. The molecule has 2 atom stereocenters. The number of benzene rings is 2. The molecule has 0 unspecified atom stereocenters. The lowest BCUT2D eigenvalue weighted by Gasteiger charge is -2.43. The standard InChI is InChI=1S/C30H38O6Si/c1-30(2,3)37(26-12-6-4-7-13-26,27-14-8-5-9-15-27)35-22-23(19-24(33)20-31)11-10-16-28(34)29-18-17-25(21-32)36-29/h4-10,12-15,17-18,24,28,31-34H,16,19-22H2,1-3H3/t11?,24-,28-/m1/s1. The number of hydrogen-bond acceptors (Lipinski definition) is 6. The zero-order chi connectivity index (χ0) is 26.9. The average molecular weight is 523 g/mol. The summed E-state index contributed by atoms with van der Waals surface area (Å²) in [7, 11) is -2.80. The predicted octanol–water partition coefficient (Wildman–Crippen LogP) is 3.60. The van der Waals surface area contributed by atoms with Gasteiger partial charge in [0.2, 0.25) is 0 Å². The van der Waals surface area contributed by atoms with Crippen molar-refractivity contribution in [2.24, 2.45) is 0 Å². The molecule has 1 aromatic heterocycles. The Kier molecular flexibility index (Phi) is 10.3. The molecule has 3 aromatic rings. The highest BCUT2D eigenvalue weighted by Gasteiger charge is 2.50. The van der Waals surface area contributed by atoms with Crippen LogP contribution in [0.2, 0.25) is 5.04 Å². The van der Waals surface area contributed by atoms with Crippen LogP contribution in [0.3, 0.4) is 0 Å². The van der Waals surface area contributed by atoms with Crippen LogP contribution in [0.15, 0.2) is 94.6 Å². The molecule has 0 aliphatic heterocycles. The van der Waals surface area contributed by atoms with Gasteiger partial charge in [0.05, 0.1) is 19.3 Å². The van der Waals surface area contributed by atoms with E-state index in [4.69, 9.17) is 8.84 Å². The summed E-state index contributed by atoms with van der Waals surface area (Å²) in [6, 6.07) is 23.8. The quantitative estimate of drug-likeness (QED) is 0.214. The van der Waals surface area contributed by atoms with Gasteiger partial charge in [0, 0.05) is 12.8 Å². The maximum absolute atomic E-state index is 10.5. The highest BCUT2D eigenvalue weighted by molar-refractivity contribution is 6.99. The molecule has 0 radical (unpaired) electrons. The minimum Gasteiger partial charge on any atom is -0.461 e. The first-order valence-corrected chi connectivity index (χ1v) is 14.5. The lowest BCUT2D eigenvalue weighted by molar-refractivity contribution is 0.0933. The SMILES string of the molecule is CC(C)(C)[Si](OCC(=C=CC[C@@H](O)c1ccc(CO)o1)C[C@@H](O)CO)(c1ccccc1)c1ccccc1. The van der Waals surface area contributed by atoms with Gasteiger partial charge in [-0.15, -0.1) is 5.73 Å². The fourth-order valence-corrected chi connectivity index (χ4v) is 9.10. The molecule has 0 aliphatic rings. The van der Waals surface area contributed by atoms with Gasteiger partial charge < -0.3 is 29.3 Å². The van der Waals surface area contributed by atoms with Crippen LogP contribution in [-0.4, -0.2) is 48.1 Å². The lowest BCUT2D eigenvalue weighted by atomic mass is 10.1. The van der Waals surface area contributed by atoms with Gasteiger partial charge in [-0.1, -0.05) is 81.4 Å². The molecule has 0 saturated carbocycles. The Morgan fingerprint density at radius 3 is 2.03 bits per heavy atom. The molecule has 2 aromatic carbocycles. The summed E-state index contributed by atoms with van der Waals surface area (Å²) in [5, 5.41) is 41.4. The van der Waals surface area contributed by atoms with Crippen molar-refractivity contribution in [3.8, 4) is 0 Å². The molecule has 1 heterocycles. The van der Waals surface area contributed by atoms with Gasteiger partial charge in [0.1, 0.15) is 24.2 Å². The Hall–Kier alpha value is -2.74. The summed E-state index contributed by atoms with van der Waals surface area (Å²) in [6.07, 6.45) is 0.280. The van der Waals surface area contributed by atoms with Crippen LogP contribution < -0.4 is 10.4 Å². The third-order valence-electron chi connectivity index (χ3n) is 6.39. The number of hydrogen-bond donors (Lipinski definition) is 4. The van der Waals surface area contributed by atoms with Gasteiger partial charge in [-0.05, 0) is 39.2 Å². The van der Waals surface area contributed by atoms with Crippen LogP contribution in [0.1, 0.15) is 51.2 Å². The van der Waals surface area contributed by atoms with E-state index in [2.05, 4.69) is 50.8 Å². The maximum Gasteiger partial charge on any atom is 0.261 e. The molecule has 0 aliphatic carbocycles. The Balaban J connectivity index is 1.95. The first-order valence-electron chi connectivity index (χ1n) is 12.6. The zero-order valence-electron chi connectivity index (χ0n) is 21.8. The fraction of sp³-hybridized carbons (Fsp3) is 0.367. The topological polar surface area (TPSA) is 103 Å². The molecule has 0 amide bonds. The van der Waals surface area contributed by atoms with Crippen molar-refractivity contribution in [1.82, 2.24) is 0 Å². The second kappa shape index (κ2) is 13.2. The van der Waals surface area contributed by atoms with Crippen LogP contribution in [0.4, 0.5) is 0 Å². The van der Waals surface area contributed by atoms with E-state index in [1.165, 1.54) is 0 Å². The second-order valence-corrected chi connectivity index (χ2v) is 14.5. The molecule has 0 saturated heterocycles. The van der Waals surface area contributed by atoms with Gasteiger partial charge in [-0.2, -0.15) is 0 Å². The van der Waals surface area contributed by atoms with Crippen LogP contribution in [0.5, 0.6) is 0 Å². The molecular weight excluding hydrogens is 484 g/mol. The molecule has 7 heteroatoms. The zero-order valence-corrected chi connectivity index (χ0v) is 22.8. The summed E-state index contributed by atoms with van der Waals surface area (Å²) in [5.41, 5.74) is 3.89. The summed E-state index contributed by atoms with van der Waals surface area (Å²) >= 11 is 0. The van der Waals surface area contributed by atoms with Gasteiger partial charge >= 0.3 is 0 Å². The fourth-order valence-electron chi connectivity index (χ4n) is 4.56. The molecule has 6 nitrogen and oxygen atoms in total. The minimum absolute atomic E-state index is 0.191. The van der Waals surface area contributed by atoms with E-state index in [9.17, 15) is 20.4 Å². The van der Waals surface area contributed by atoms with Crippen LogP contribution in [0, 0.1) is 0 Å². The minimum atomic E-state index is -2.80. The van der Waals surface area contributed by atoms with Crippen molar-refractivity contribution in [3.63, 3.8) is 0 Å². The monoisotopic (exact) mass is 522 g/mol. The number of aliphatic hydroxyl groups excluding tert-OH is 4. The number of rotatable bonds is 12. The Morgan fingerprint density at radius 2 is 1.54 bits per heavy atom. The van der Waals surface area contributed by atoms with Gasteiger partial charge in [0.15, 0.2) is 0 Å². The van der Waals surface area contributed by atoms with Crippen molar-refractivity contribution in [3.05, 3.63) is 102 Å². The molecule has 4 N–H and O–H groups in total. The second-order valence-electron chi connectivity index (χ2n) is 10.2. The van der Waals surface area contributed by atoms with Gasteiger partial charge in [-0.25, -0.2) is 0 Å². The van der Waals surface area contributed by atoms with Gasteiger partial charge in [-0.3, -0.25) is 0 Å². The largest absolute Gasteiger partial charge is 0.461 e. The van der Waals surface area contributed by atoms with Crippen LogP contribution in [0.25, 0.3) is 0 Å². The number of furan rings is 1. The molecule has 0 spiro atoms. The highest BCUT2D eigenvalue weighted by atomic mass is 28.4. The normalized spacial score (nSPS) is 13.6. The third kappa shape index (κ3) is 7.18. The Morgan fingerprint density at radius 1 is 0.946 bits per heavy atom.